The number of piperidine rings is 1. The summed E-state index contributed by atoms with van der Waals surface area (Å²) in [6, 6.07) is -0.455. The third-order valence-electron chi connectivity index (χ3n) is 3.32. The van der Waals surface area contributed by atoms with Crippen LogP contribution in [0.5, 0.6) is 0 Å². The van der Waals surface area contributed by atoms with Crippen LogP contribution in [0.1, 0.15) is 26.2 Å². The fourth-order valence-electron chi connectivity index (χ4n) is 2.36. The highest BCUT2D eigenvalue weighted by Crippen LogP contribution is 2.37. The summed E-state index contributed by atoms with van der Waals surface area (Å²) in [6.45, 7) is 3.07. The number of nitrogens with one attached hydrogen (secondary N) is 1. The number of ether oxygens (including phenoxy) is 1. The first kappa shape index (κ1) is 13.8. The number of alkyl halides is 3. The maximum atomic E-state index is 12.8. The van der Waals surface area contributed by atoms with Crippen LogP contribution in [0.3, 0.4) is 0 Å². The summed E-state index contributed by atoms with van der Waals surface area (Å²) in [5.41, 5.74) is 0. The molecule has 1 aliphatic rings. The van der Waals surface area contributed by atoms with Crippen LogP contribution in [0.25, 0.3) is 0 Å². The van der Waals surface area contributed by atoms with E-state index in [0.717, 1.165) is 0 Å². The predicted octanol–water partition coefficient (Wildman–Crippen LogP) is 2.59. The molecule has 0 bridgehead atoms. The molecule has 1 saturated heterocycles. The Balaban J connectivity index is 2.59. The maximum absolute atomic E-state index is 12.8. The second kappa shape index (κ2) is 5.87. The second-order valence-electron chi connectivity index (χ2n) is 4.53. The zero-order valence-corrected chi connectivity index (χ0v) is 9.81. The fraction of sp³-hybridized carbons (Fsp3) is 1.00. The van der Waals surface area contributed by atoms with Crippen molar-refractivity contribution in [3.63, 3.8) is 0 Å². The van der Waals surface area contributed by atoms with Crippen molar-refractivity contribution in [2.45, 2.75) is 38.4 Å². The zero-order valence-electron chi connectivity index (χ0n) is 9.81. The van der Waals surface area contributed by atoms with Gasteiger partial charge in [-0.25, -0.2) is 0 Å². The molecule has 0 amide bonds. The van der Waals surface area contributed by atoms with E-state index in [1.807, 2.05) is 6.92 Å². The van der Waals surface area contributed by atoms with Crippen LogP contribution < -0.4 is 5.32 Å². The molecule has 0 aliphatic carbocycles. The number of rotatable bonds is 4. The van der Waals surface area contributed by atoms with E-state index in [4.69, 9.17) is 4.74 Å². The largest absolute Gasteiger partial charge is 0.393 e. The summed E-state index contributed by atoms with van der Waals surface area (Å²) in [5.74, 6) is -1.21. The molecule has 1 N–H and O–H groups in total. The monoisotopic (exact) mass is 239 g/mol. The van der Waals surface area contributed by atoms with Gasteiger partial charge in [0, 0.05) is 19.8 Å². The van der Waals surface area contributed by atoms with Crippen molar-refractivity contribution >= 4 is 0 Å². The van der Waals surface area contributed by atoms with E-state index in [1.54, 1.807) is 7.11 Å². The molecule has 5 heteroatoms. The van der Waals surface area contributed by atoms with Crippen LogP contribution in [0.15, 0.2) is 0 Å². The Labute approximate surface area is 94.5 Å². The van der Waals surface area contributed by atoms with Crippen molar-refractivity contribution in [1.29, 1.82) is 0 Å². The molecule has 1 heterocycles. The summed E-state index contributed by atoms with van der Waals surface area (Å²) in [4.78, 5) is 0. The lowest BCUT2D eigenvalue weighted by Gasteiger charge is -2.37. The van der Waals surface area contributed by atoms with Gasteiger partial charge in [-0.05, 0) is 31.7 Å². The molecule has 0 radical (unpaired) electrons. The molecule has 0 aromatic carbocycles. The topological polar surface area (TPSA) is 21.3 Å². The van der Waals surface area contributed by atoms with Crippen LogP contribution in [-0.2, 0) is 4.74 Å². The third kappa shape index (κ3) is 3.63. The summed E-state index contributed by atoms with van der Waals surface area (Å²) in [6.07, 6.45) is -2.56. The van der Waals surface area contributed by atoms with Crippen molar-refractivity contribution in [2.24, 2.45) is 11.8 Å². The van der Waals surface area contributed by atoms with Gasteiger partial charge >= 0.3 is 6.18 Å². The van der Waals surface area contributed by atoms with E-state index in [-0.39, 0.29) is 12.3 Å². The summed E-state index contributed by atoms with van der Waals surface area (Å²) in [7, 11) is 1.57. The molecule has 16 heavy (non-hydrogen) atoms. The molecule has 0 aromatic rings. The number of methoxy groups -OCH3 is 1. The lowest BCUT2D eigenvalue weighted by molar-refractivity contribution is -0.192. The molecule has 3 unspecified atom stereocenters. The quantitative estimate of drug-likeness (QED) is 0.814. The van der Waals surface area contributed by atoms with Gasteiger partial charge in [-0.1, -0.05) is 6.92 Å². The third-order valence-corrected chi connectivity index (χ3v) is 3.32. The van der Waals surface area contributed by atoms with Crippen LogP contribution in [0.2, 0.25) is 0 Å². The highest BCUT2D eigenvalue weighted by Gasteiger charge is 2.46. The molecule has 3 atom stereocenters. The average Bonchev–Trinajstić information content (AvgIpc) is 2.24. The molecule has 0 saturated carbocycles. The standard InChI is InChI=1S/C11H20F3NO/c1-8(5-7-16-2)10-9(11(12,13)14)4-3-6-15-10/h8-10,15H,3-7H2,1-2H3. The summed E-state index contributed by atoms with van der Waals surface area (Å²) >= 11 is 0. The molecule has 0 aromatic heterocycles. The Kier molecular flexibility index (Phi) is 5.05. The van der Waals surface area contributed by atoms with Crippen molar-refractivity contribution in [3.8, 4) is 0 Å². The zero-order chi connectivity index (χ0) is 12.2. The molecule has 1 rings (SSSR count). The summed E-state index contributed by atoms with van der Waals surface area (Å²) < 4.78 is 43.3. The van der Waals surface area contributed by atoms with E-state index in [2.05, 4.69) is 5.32 Å². The first-order valence-corrected chi connectivity index (χ1v) is 5.76. The highest BCUT2D eigenvalue weighted by molar-refractivity contribution is 4.88. The Hall–Kier alpha value is -0.290. The van der Waals surface area contributed by atoms with Crippen molar-refractivity contribution in [2.75, 3.05) is 20.3 Å². The molecule has 1 aliphatic heterocycles. The van der Waals surface area contributed by atoms with Gasteiger partial charge in [0.2, 0.25) is 0 Å². The average molecular weight is 239 g/mol. The minimum Gasteiger partial charge on any atom is -0.385 e. The number of hydrogen-bond acceptors (Lipinski definition) is 2. The highest BCUT2D eigenvalue weighted by atomic mass is 19.4. The van der Waals surface area contributed by atoms with E-state index < -0.39 is 18.1 Å². The molecule has 96 valence electrons. The molecular weight excluding hydrogens is 219 g/mol. The van der Waals surface area contributed by atoms with Gasteiger partial charge in [0.1, 0.15) is 0 Å². The Morgan fingerprint density at radius 1 is 1.44 bits per heavy atom. The molecule has 2 nitrogen and oxygen atoms in total. The Morgan fingerprint density at radius 3 is 2.69 bits per heavy atom. The predicted molar refractivity (Wildman–Crippen MR) is 56.2 cm³/mol. The van der Waals surface area contributed by atoms with E-state index in [1.165, 1.54) is 0 Å². The maximum Gasteiger partial charge on any atom is 0.393 e. The van der Waals surface area contributed by atoms with Gasteiger partial charge in [-0.15, -0.1) is 0 Å². The van der Waals surface area contributed by atoms with Gasteiger partial charge in [0.15, 0.2) is 0 Å². The van der Waals surface area contributed by atoms with Gasteiger partial charge in [-0.3, -0.25) is 0 Å². The second-order valence-corrected chi connectivity index (χ2v) is 4.53. The molecular formula is C11H20F3NO. The van der Waals surface area contributed by atoms with E-state index in [0.29, 0.717) is 26.0 Å². The van der Waals surface area contributed by atoms with Gasteiger partial charge < -0.3 is 10.1 Å². The normalized spacial score (nSPS) is 29.1. The Bertz CT molecular complexity index is 208. The SMILES string of the molecule is COCCC(C)C1NCCCC1C(F)(F)F. The molecule has 0 spiro atoms. The minimum absolute atomic E-state index is 0.00752. The smallest absolute Gasteiger partial charge is 0.385 e. The first-order chi connectivity index (χ1) is 7.46. The van der Waals surface area contributed by atoms with Crippen molar-refractivity contribution in [3.05, 3.63) is 0 Å². The lowest BCUT2D eigenvalue weighted by Crippen LogP contribution is -2.51. The number of hydrogen-bond donors (Lipinski definition) is 1. The first-order valence-electron chi connectivity index (χ1n) is 5.76. The van der Waals surface area contributed by atoms with Crippen LogP contribution in [-0.4, -0.2) is 32.5 Å². The fourth-order valence-corrected chi connectivity index (χ4v) is 2.36. The van der Waals surface area contributed by atoms with E-state index in [9.17, 15) is 13.2 Å². The van der Waals surface area contributed by atoms with Crippen LogP contribution in [0.4, 0.5) is 13.2 Å². The van der Waals surface area contributed by atoms with Crippen LogP contribution in [0, 0.1) is 11.8 Å². The Morgan fingerprint density at radius 2 is 2.12 bits per heavy atom. The minimum atomic E-state index is -4.08. The summed E-state index contributed by atoms with van der Waals surface area (Å²) in [5, 5.41) is 3.01. The van der Waals surface area contributed by atoms with E-state index >= 15 is 0 Å². The van der Waals surface area contributed by atoms with Gasteiger partial charge in [-0.2, -0.15) is 13.2 Å². The molecule has 1 fully saturated rings. The van der Waals surface area contributed by atoms with Gasteiger partial charge in [0.25, 0.3) is 0 Å². The van der Waals surface area contributed by atoms with Crippen molar-refractivity contribution in [1.82, 2.24) is 5.32 Å². The van der Waals surface area contributed by atoms with Crippen LogP contribution >= 0.6 is 0 Å². The lowest BCUT2D eigenvalue weighted by atomic mass is 9.82. The van der Waals surface area contributed by atoms with Crippen molar-refractivity contribution < 1.29 is 17.9 Å². The number of halogens is 3. The van der Waals surface area contributed by atoms with Gasteiger partial charge in [0.05, 0.1) is 5.92 Å².